The summed E-state index contributed by atoms with van der Waals surface area (Å²) in [5.74, 6) is 0.757. The number of benzene rings is 1. The van der Waals surface area contributed by atoms with Crippen molar-refractivity contribution in [3.05, 3.63) is 44.6 Å². The van der Waals surface area contributed by atoms with Gasteiger partial charge in [0.2, 0.25) is 0 Å². The third-order valence-electron chi connectivity index (χ3n) is 2.86. The van der Waals surface area contributed by atoms with Crippen molar-refractivity contribution < 1.29 is 4.74 Å². The molecule has 1 aromatic carbocycles. The van der Waals surface area contributed by atoms with Crippen LogP contribution in [0.15, 0.2) is 22.7 Å². The summed E-state index contributed by atoms with van der Waals surface area (Å²) >= 11 is 9.64. The summed E-state index contributed by atoms with van der Waals surface area (Å²) in [6, 6.07) is 5.78. The van der Waals surface area contributed by atoms with E-state index in [4.69, 9.17) is 22.1 Å². The van der Waals surface area contributed by atoms with Crippen LogP contribution in [-0.4, -0.2) is 9.78 Å². The highest BCUT2D eigenvalue weighted by atomic mass is 79.9. The van der Waals surface area contributed by atoms with Crippen LogP contribution in [-0.2, 0) is 20.2 Å². The molecule has 0 aliphatic rings. The normalized spacial score (nSPS) is 10.8. The van der Waals surface area contributed by atoms with Crippen molar-refractivity contribution in [2.45, 2.75) is 20.1 Å². The molecule has 0 radical (unpaired) electrons. The minimum absolute atomic E-state index is 0.372. The average Bonchev–Trinajstić information content (AvgIpc) is 2.62. The van der Waals surface area contributed by atoms with E-state index in [0.717, 1.165) is 27.2 Å². The number of hydrogen-bond acceptors (Lipinski definition) is 3. The molecule has 0 amide bonds. The summed E-state index contributed by atoms with van der Waals surface area (Å²) in [4.78, 5) is 0. The molecule has 0 saturated carbocycles. The maximum Gasteiger partial charge on any atom is 0.134 e. The van der Waals surface area contributed by atoms with Gasteiger partial charge in [0.1, 0.15) is 12.4 Å². The maximum absolute atomic E-state index is 6.18. The SMILES string of the molecule is Cc1nn(C)c(COc2ccc(CN)cc2Br)c1Cl. The Morgan fingerprint density at radius 2 is 2.21 bits per heavy atom. The molecule has 2 N–H and O–H groups in total. The number of hydrogen-bond donors (Lipinski definition) is 1. The van der Waals surface area contributed by atoms with Gasteiger partial charge in [-0.15, -0.1) is 0 Å². The molecule has 2 rings (SSSR count). The Morgan fingerprint density at radius 3 is 2.74 bits per heavy atom. The van der Waals surface area contributed by atoms with Gasteiger partial charge in [0.25, 0.3) is 0 Å². The van der Waals surface area contributed by atoms with E-state index in [1.807, 2.05) is 32.2 Å². The van der Waals surface area contributed by atoms with E-state index in [9.17, 15) is 0 Å². The van der Waals surface area contributed by atoms with E-state index < -0.39 is 0 Å². The number of aromatic nitrogens is 2. The molecule has 0 bridgehead atoms. The molecule has 0 fully saturated rings. The first-order valence-corrected chi connectivity index (χ1v) is 6.99. The van der Waals surface area contributed by atoms with Crippen LogP contribution in [0.5, 0.6) is 5.75 Å². The summed E-state index contributed by atoms with van der Waals surface area (Å²) in [6.07, 6.45) is 0. The molecule has 1 heterocycles. The Morgan fingerprint density at radius 1 is 1.47 bits per heavy atom. The van der Waals surface area contributed by atoms with Gasteiger partial charge in [-0.1, -0.05) is 17.7 Å². The number of ether oxygens (including phenoxy) is 1. The highest BCUT2D eigenvalue weighted by Gasteiger charge is 2.12. The second-order valence-electron chi connectivity index (χ2n) is 4.23. The van der Waals surface area contributed by atoms with Gasteiger partial charge in [-0.3, -0.25) is 4.68 Å². The lowest BCUT2D eigenvalue weighted by molar-refractivity contribution is 0.293. The first-order chi connectivity index (χ1) is 9.02. The molecule has 2 aromatic rings. The van der Waals surface area contributed by atoms with Crippen LogP contribution in [0.1, 0.15) is 17.0 Å². The standard InChI is InChI=1S/C13H15BrClN3O/c1-8-13(15)11(18(2)17-8)7-19-12-4-3-9(6-16)5-10(12)14/h3-5H,6-7,16H2,1-2H3. The van der Waals surface area contributed by atoms with Crippen molar-refractivity contribution in [3.63, 3.8) is 0 Å². The third-order valence-corrected chi connectivity index (χ3v) is 3.97. The molecule has 1 aromatic heterocycles. The quantitative estimate of drug-likeness (QED) is 0.927. The number of aryl methyl sites for hydroxylation is 2. The van der Waals surface area contributed by atoms with Gasteiger partial charge in [0.15, 0.2) is 0 Å². The third kappa shape index (κ3) is 3.11. The van der Waals surface area contributed by atoms with Crippen molar-refractivity contribution >= 4 is 27.5 Å². The van der Waals surface area contributed by atoms with Crippen molar-refractivity contribution in [1.82, 2.24) is 9.78 Å². The van der Waals surface area contributed by atoms with Gasteiger partial charge in [0.05, 0.1) is 20.9 Å². The molecule has 0 spiro atoms. The zero-order valence-corrected chi connectivity index (χ0v) is 13.1. The second-order valence-corrected chi connectivity index (χ2v) is 5.46. The van der Waals surface area contributed by atoms with Gasteiger partial charge >= 0.3 is 0 Å². The highest BCUT2D eigenvalue weighted by Crippen LogP contribution is 2.28. The summed E-state index contributed by atoms with van der Waals surface area (Å²) in [5.41, 5.74) is 8.30. The van der Waals surface area contributed by atoms with Crippen molar-refractivity contribution in [3.8, 4) is 5.75 Å². The van der Waals surface area contributed by atoms with Gasteiger partial charge in [-0.2, -0.15) is 5.10 Å². The number of nitrogens with two attached hydrogens (primary N) is 1. The molecule has 19 heavy (non-hydrogen) atoms. The topological polar surface area (TPSA) is 53.1 Å². The van der Waals surface area contributed by atoms with E-state index in [-0.39, 0.29) is 0 Å². The molecule has 0 aliphatic heterocycles. The molecule has 6 heteroatoms. The zero-order valence-electron chi connectivity index (χ0n) is 10.8. The van der Waals surface area contributed by atoms with Crippen LogP contribution in [0.3, 0.4) is 0 Å². The fourth-order valence-electron chi connectivity index (χ4n) is 1.77. The lowest BCUT2D eigenvalue weighted by Crippen LogP contribution is -2.04. The van der Waals surface area contributed by atoms with Crippen LogP contribution in [0, 0.1) is 6.92 Å². The minimum atomic E-state index is 0.372. The van der Waals surface area contributed by atoms with Gasteiger partial charge < -0.3 is 10.5 Å². The number of rotatable bonds is 4. The van der Waals surface area contributed by atoms with E-state index in [1.54, 1.807) is 4.68 Å². The number of halogens is 2. The van der Waals surface area contributed by atoms with Crippen LogP contribution in [0.4, 0.5) is 0 Å². The Kier molecular flexibility index (Phi) is 4.50. The Balaban J connectivity index is 2.14. The van der Waals surface area contributed by atoms with E-state index in [2.05, 4.69) is 21.0 Å². The molecule has 4 nitrogen and oxygen atoms in total. The molecular weight excluding hydrogens is 330 g/mol. The predicted octanol–water partition coefficient (Wildman–Crippen LogP) is 3.18. The fourth-order valence-corrected chi connectivity index (χ4v) is 2.53. The van der Waals surface area contributed by atoms with Crippen LogP contribution < -0.4 is 10.5 Å². The van der Waals surface area contributed by atoms with Crippen LogP contribution in [0.2, 0.25) is 5.02 Å². The molecular formula is C13H15BrClN3O. The fraction of sp³-hybridized carbons (Fsp3) is 0.308. The number of nitrogens with zero attached hydrogens (tertiary/aromatic N) is 2. The van der Waals surface area contributed by atoms with Gasteiger partial charge in [-0.25, -0.2) is 0 Å². The highest BCUT2D eigenvalue weighted by molar-refractivity contribution is 9.10. The van der Waals surface area contributed by atoms with Gasteiger partial charge in [-0.05, 0) is 40.5 Å². The lowest BCUT2D eigenvalue weighted by atomic mass is 10.2. The Hall–Kier alpha value is -1.04. The predicted molar refractivity (Wildman–Crippen MR) is 79.3 cm³/mol. The largest absolute Gasteiger partial charge is 0.486 e. The van der Waals surface area contributed by atoms with E-state index in [0.29, 0.717) is 18.2 Å². The summed E-state index contributed by atoms with van der Waals surface area (Å²) in [5, 5.41) is 4.90. The van der Waals surface area contributed by atoms with Crippen molar-refractivity contribution in [2.75, 3.05) is 0 Å². The van der Waals surface area contributed by atoms with Crippen molar-refractivity contribution in [2.24, 2.45) is 12.8 Å². The Bertz CT molecular complexity index is 598. The van der Waals surface area contributed by atoms with Crippen molar-refractivity contribution in [1.29, 1.82) is 0 Å². The molecule has 0 aliphatic carbocycles. The lowest BCUT2D eigenvalue weighted by Gasteiger charge is -2.10. The monoisotopic (exact) mass is 343 g/mol. The summed E-state index contributed by atoms with van der Waals surface area (Å²) in [7, 11) is 1.85. The molecule has 0 saturated heterocycles. The summed E-state index contributed by atoms with van der Waals surface area (Å²) < 4.78 is 8.38. The summed E-state index contributed by atoms with van der Waals surface area (Å²) in [6.45, 7) is 2.75. The van der Waals surface area contributed by atoms with Crippen LogP contribution >= 0.6 is 27.5 Å². The average molecular weight is 345 g/mol. The Labute approximate surface area is 125 Å². The molecule has 0 unspecified atom stereocenters. The maximum atomic E-state index is 6.18. The zero-order chi connectivity index (χ0) is 14.0. The second kappa shape index (κ2) is 5.94. The van der Waals surface area contributed by atoms with Gasteiger partial charge in [0, 0.05) is 13.6 Å². The van der Waals surface area contributed by atoms with E-state index >= 15 is 0 Å². The van der Waals surface area contributed by atoms with Crippen LogP contribution in [0.25, 0.3) is 0 Å². The first-order valence-electron chi connectivity index (χ1n) is 5.82. The smallest absolute Gasteiger partial charge is 0.134 e. The molecule has 102 valence electrons. The molecule has 0 atom stereocenters. The minimum Gasteiger partial charge on any atom is -0.486 e. The first kappa shape index (κ1) is 14.4. The van der Waals surface area contributed by atoms with E-state index in [1.165, 1.54) is 0 Å².